The van der Waals surface area contributed by atoms with Gasteiger partial charge in [-0.15, -0.1) is 0 Å². The van der Waals surface area contributed by atoms with Gasteiger partial charge >= 0.3 is 11.9 Å². The van der Waals surface area contributed by atoms with E-state index in [0.29, 0.717) is 19.4 Å². The van der Waals surface area contributed by atoms with E-state index in [9.17, 15) is 14.4 Å². The molecule has 6 heteroatoms. The minimum absolute atomic E-state index is 0.0774. The predicted molar refractivity (Wildman–Crippen MR) is 74.5 cm³/mol. The third-order valence-corrected chi connectivity index (χ3v) is 3.33. The number of rotatable bonds is 9. The van der Waals surface area contributed by atoms with Crippen LogP contribution >= 0.6 is 0 Å². The maximum absolute atomic E-state index is 11.8. The van der Waals surface area contributed by atoms with Gasteiger partial charge in [0.2, 0.25) is 0 Å². The molecular weight excluding hydrogens is 276 g/mol. The quantitative estimate of drug-likeness (QED) is 0.365. The molecule has 1 aliphatic rings. The van der Waals surface area contributed by atoms with Crippen LogP contribution in [0.5, 0.6) is 0 Å². The zero-order chi connectivity index (χ0) is 15.9. The minimum Gasteiger partial charge on any atom is -0.469 e. The molecule has 1 fully saturated rings. The molecule has 0 spiro atoms. The summed E-state index contributed by atoms with van der Waals surface area (Å²) < 4.78 is 14.7. The summed E-state index contributed by atoms with van der Waals surface area (Å²) in [6, 6.07) is 0. The fourth-order valence-electron chi connectivity index (χ4n) is 2.03. The van der Waals surface area contributed by atoms with E-state index in [-0.39, 0.29) is 24.6 Å². The monoisotopic (exact) mass is 298 g/mol. The lowest BCUT2D eigenvalue weighted by Crippen LogP contribution is -2.18. The lowest BCUT2D eigenvalue weighted by atomic mass is 9.97. The first-order valence-corrected chi connectivity index (χ1v) is 7.03. The number of esters is 2. The molecule has 0 N–H and O–H groups in total. The smallest absolute Gasteiger partial charge is 0.330 e. The molecule has 6 nitrogen and oxygen atoms in total. The first kappa shape index (κ1) is 17.4. The van der Waals surface area contributed by atoms with Crippen molar-refractivity contribution in [2.24, 2.45) is 0 Å². The highest BCUT2D eigenvalue weighted by Gasteiger charge is 2.55. The van der Waals surface area contributed by atoms with Gasteiger partial charge in [-0.05, 0) is 26.7 Å². The lowest BCUT2D eigenvalue weighted by Gasteiger charge is -2.03. The lowest BCUT2D eigenvalue weighted by molar-refractivity contribution is -0.142. The number of epoxide rings is 1. The Morgan fingerprint density at radius 2 is 2.00 bits per heavy atom. The molecule has 2 unspecified atom stereocenters. The van der Waals surface area contributed by atoms with Crippen LogP contribution in [-0.4, -0.2) is 43.1 Å². The van der Waals surface area contributed by atoms with Gasteiger partial charge in [0.25, 0.3) is 0 Å². The van der Waals surface area contributed by atoms with Crippen LogP contribution in [0.4, 0.5) is 0 Å². The molecule has 21 heavy (non-hydrogen) atoms. The fourth-order valence-corrected chi connectivity index (χ4v) is 2.03. The fraction of sp³-hybridized carbons (Fsp3) is 0.667. The van der Waals surface area contributed by atoms with Crippen molar-refractivity contribution in [3.05, 3.63) is 12.2 Å². The Bertz CT molecular complexity index is 428. The summed E-state index contributed by atoms with van der Waals surface area (Å²) in [6.07, 6.45) is 4.09. The van der Waals surface area contributed by atoms with Crippen LogP contribution in [0.3, 0.4) is 0 Å². The van der Waals surface area contributed by atoms with Crippen molar-refractivity contribution in [2.75, 3.05) is 13.7 Å². The van der Waals surface area contributed by atoms with Crippen molar-refractivity contribution in [3.8, 4) is 0 Å². The molecule has 0 bridgehead atoms. The topological polar surface area (TPSA) is 82.2 Å². The zero-order valence-corrected chi connectivity index (χ0v) is 12.7. The van der Waals surface area contributed by atoms with Crippen LogP contribution in [-0.2, 0) is 28.6 Å². The van der Waals surface area contributed by atoms with Crippen molar-refractivity contribution in [2.45, 2.75) is 51.2 Å². The highest BCUT2D eigenvalue weighted by molar-refractivity contribution is 5.89. The first-order chi connectivity index (χ1) is 9.92. The van der Waals surface area contributed by atoms with E-state index in [2.05, 4.69) is 4.74 Å². The standard InChI is InChI=1S/C15H22O6/c1-4-20-13(18)7-5-6-10-15(2)14(21-15)11(16)8-9-12(17)19-3/h5,7,14H,4,6,8-10H2,1-3H3/b7-5+. The van der Waals surface area contributed by atoms with Gasteiger partial charge in [0.15, 0.2) is 5.78 Å². The normalized spacial score (nSPS) is 23.9. The van der Waals surface area contributed by atoms with Gasteiger partial charge in [0, 0.05) is 12.5 Å². The number of methoxy groups -OCH3 is 1. The first-order valence-electron chi connectivity index (χ1n) is 7.03. The molecule has 118 valence electrons. The van der Waals surface area contributed by atoms with Crippen LogP contribution in [0.2, 0.25) is 0 Å². The van der Waals surface area contributed by atoms with Crippen LogP contribution in [0.25, 0.3) is 0 Å². The van der Waals surface area contributed by atoms with Crippen LogP contribution in [0, 0.1) is 0 Å². The number of carbonyl (C=O) groups is 3. The van der Waals surface area contributed by atoms with Crippen LogP contribution in [0.15, 0.2) is 12.2 Å². The molecule has 1 heterocycles. The van der Waals surface area contributed by atoms with E-state index in [0.717, 1.165) is 0 Å². The van der Waals surface area contributed by atoms with Crippen LogP contribution in [0.1, 0.15) is 39.5 Å². The van der Waals surface area contributed by atoms with Gasteiger partial charge in [0.05, 0.1) is 20.1 Å². The maximum atomic E-state index is 11.8. The largest absolute Gasteiger partial charge is 0.469 e. The Hall–Kier alpha value is -1.69. The Labute approximate surface area is 124 Å². The molecule has 1 saturated heterocycles. The Morgan fingerprint density at radius 1 is 1.29 bits per heavy atom. The molecule has 0 aliphatic carbocycles. The third-order valence-electron chi connectivity index (χ3n) is 3.33. The van der Waals surface area contributed by atoms with Gasteiger partial charge in [-0.1, -0.05) is 6.08 Å². The molecule has 0 aromatic rings. The highest BCUT2D eigenvalue weighted by atomic mass is 16.6. The average Bonchev–Trinajstić information content (AvgIpc) is 3.13. The summed E-state index contributed by atoms with van der Waals surface area (Å²) in [5.41, 5.74) is -0.494. The molecule has 0 amide bonds. The molecule has 0 saturated carbocycles. The van der Waals surface area contributed by atoms with Crippen molar-refractivity contribution in [3.63, 3.8) is 0 Å². The summed E-state index contributed by atoms with van der Waals surface area (Å²) in [5, 5.41) is 0. The van der Waals surface area contributed by atoms with E-state index >= 15 is 0 Å². The number of ether oxygens (including phenoxy) is 3. The van der Waals surface area contributed by atoms with Crippen molar-refractivity contribution >= 4 is 17.7 Å². The average molecular weight is 298 g/mol. The molecular formula is C15H22O6. The number of ketones is 1. The van der Waals surface area contributed by atoms with E-state index in [1.54, 1.807) is 13.0 Å². The number of hydrogen-bond acceptors (Lipinski definition) is 6. The van der Waals surface area contributed by atoms with Gasteiger partial charge in [-0.2, -0.15) is 0 Å². The van der Waals surface area contributed by atoms with Gasteiger partial charge < -0.3 is 14.2 Å². The number of Topliss-reactive ketones (excluding diaryl/α,β-unsaturated/α-hetero) is 1. The summed E-state index contributed by atoms with van der Waals surface area (Å²) in [4.78, 5) is 33.9. The van der Waals surface area contributed by atoms with Crippen LogP contribution < -0.4 is 0 Å². The second kappa shape index (κ2) is 7.93. The highest BCUT2D eigenvalue weighted by Crippen LogP contribution is 2.41. The number of hydrogen-bond donors (Lipinski definition) is 0. The zero-order valence-electron chi connectivity index (χ0n) is 12.7. The molecule has 2 atom stereocenters. The molecule has 0 aromatic heterocycles. The molecule has 1 rings (SSSR count). The van der Waals surface area contributed by atoms with Crippen molar-refractivity contribution in [1.82, 2.24) is 0 Å². The summed E-state index contributed by atoms with van der Waals surface area (Å²) in [7, 11) is 1.29. The van der Waals surface area contributed by atoms with Gasteiger partial charge in [0.1, 0.15) is 11.7 Å². The predicted octanol–water partition coefficient (Wildman–Crippen LogP) is 1.57. The Balaban J connectivity index is 2.27. The maximum Gasteiger partial charge on any atom is 0.330 e. The Morgan fingerprint density at radius 3 is 2.62 bits per heavy atom. The van der Waals surface area contributed by atoms with E-state index in [1.165, 1.54) is 13.2 Å². The van der Waals surface area contributed by atoms with Gasteiger partial charge in [-0.3, -0.25) is 9.59 Å². The van der Waals surface area contributed by atoms with E-state index in [1.807, 2.05) is 6.92 Å². The van der Waals surface area contributed by atoms with Crippen molar-refractivity contribution < 1.29 is 28.6 Å². The minimum atomic E-state index is -0.494. The third kappa shape index (κ3) is 5.67. The molecule has 0 radical (unpaired) electrons. The van der Waals surface area contributed by atoms with Gasteiger partial charge in [-0.25, -0.2) is 4.79 Å². The molecule has 1 aliphatic heterocycles. The summed E-state index contributed by atoms with van der Waals surface area (Å²) in [5.74, 6) is -0.856. The van der Waals surface area contributed by atoms with Crippen molar-refractivity contribution in [1.29, 1.82) is 0 Å². The second-order valence-electron chi connectivity index (χ2n) is 5.05. The number of allylic oxidation sites excluding steroid dienone is 1. The Kier molecular flexibility index (Phi) is 6.55. The SMILES string of the molecule is CCOC(=O)/C=C/CCC1(C)OC1C(=O)CCC(=O)OC. The van der Waals surface area contributed by atoms with E-state index < -0.39 is 17.7 Å². The summed E-state index contributed by atoms with van der Waals surface area (Å²) >= 11 is 0. The molecule has 0 aromatic carbocycles. The summed E-state index contributed by atoms with van der Waals surface area (Å²) in [6.45, 7) is 3.95. The second-order valence-corrected chi connectivity index (χ2v) is 5.05. The van der Waals surface area contributed by atoms with E-state index in [4.69, 9.17) is 9.47 Å². The number of carbonyl (C=O) groups excluding carboxylic acids is 3.